The van der Waals surface area contributed by atoms with Gasteiger partial charge in [-0.1, -0.05) is 23.6 Å². The minimum absolute atomic E-state index is 0.141. The molecule has 0 radical (unpaired) electrons. The number of carbonyl (C=O) groups excluding carboxylic acids is 1. The molecule has 0 amide bonds. The molecule has 1 N–H and O–H groups in total. The second-order valence-electron chi connectivity index (χ2n) is 8.31. The van der Waals surface area contributed by atoms with Crippen molar-refractivity contribution >= 4 is 12.0 Å². The molecule has 2 atom stereocenters. The summed E-state index contributed by atoms with van der Waals surface area (Å²) in [4.78, 5) is 12.7. The van der Waals surface area contributed by atoms with E-state index in [-0.39, 0.29) is 11.9 Å². The molecule has 1 aliphatic rings. The number of hydrogen-bond donors (Lipinski definition) is 1. The predicted molar refractivity (Wildman–Crippen MR) is 107 cm³/mol. The summed E-state index contributed by atoms with van der Waals surface area (Å²) in [7, 11) is 0. The van der Waals surface area contributed by atoms with Crippen LogP contribution < -0.4 is 0 Å². The van der Waals surface area contributed by atoms with Crippen LogP contribution in [0.25, 0.3) is 6.08 Å². The normalized spacial score (nSPS) is 22.8. The van der Waals surface area contributed by atoms with Gasteiger partial charge in [-0.05, 0) is 59.1 Å². The number of aliphatic hydroxyl groups excluding tert-OH is 1. The van der Waals surface area contributed by atoms with Crippen molar-refractivity contribution in [2.45, 2.75) is 72.0 Å². The average Bonchev–Trinajstić information content (AvgIpc) is 2.90. The van der Waals surface area contributed by atoms with Crippen molar-refractivity contribution in [2.24, 2.45) is 5.92 Å². The first-order valence-electron chi connectivity index (χ1n) is 9.40. The summed E-state index contributed by atoms with van der Waals surface area (Å²) >= 11 is 0. The summed E-state index contributed by atoms with van der Waals surface area (Å²) in [6.45, 7) is 13.5. The van der Waals surface area contributed by atoms with Crippen molar-refractivity contribution < 1.29 is 19.1 Å². The molecule has 0 spiro atoms. The summed E-state index contributed by atoms with van der Waals surface area (Å²) in [5, 5.41) is 10.1. The van der Waals surface area contributed by atoms with Crippen molar-refractivity contribution in [3.63, 3.8) is 0 Å². The van der Waals surface area contributed by atoms with Crippen molar-refractivity contribution in [3.05, 3.63) is 40.9 Å². The largest absolute Gasteiger partial charge is 0.461 e. The predicted octanol–water partition coefficient (Wildman–Crippen LogP) is 4.92. The Morgan fingerprint density at radius 1 is 1.37 bits per heavy atom. The van der Waals surface area contributed by atoms with E-state index >= 15 is 0 Å². The number of hydrogen-bond acceptors (Lipinski definition) is 4. The van der Waals surface area contributed by atoms with Crippen LogP contribution in [0.1, 0.15) is 75.8 Å². The Kier molecular flexibility index (Phi) is 6.73. The zero-order chi connectivity index (χ0) is 20.2. The van der Waals surface area contributed by atoms with Crippen molar-refractivity contribution in [3.8, 4) is 11.8 Å². The van der Waals surface area contributed by atoms with E-state index < -0.39 is 11.7 Å². The zero-order valence-electron chi connectivity index (χ0n) is 17.0. The molecule has 27 heavy (non-hydrogen) atoms. The van der Waals surface area contributed by atoms with Crippen molar-refractivity contribution in [1.82, 2.24) is 0 Å². The molecule has 0 fully saturated rings. The molecule has 2 bridgehead atoms. The molecule has 0 saturated heterocycles. The minimum Gasteiger partial charge on any atom is -0.461 e. The first kappa shape index (κ1) is 21.1. The van der Waals surface area contributed by atoms with Gasteiger partial charge in [-0.15, -0.1) is 5.92 Å². The number of ether oxygens (including phenoxy) is 1. The van der Waals surface area contributed by atoms with Gasteiger partial charge in [0.1, 0.15) is 28.8 Å². The molecule has 1 aromatic heterocycles. The van der Waals surface area contributed by atoms with Crippen molar-refractivity contribution in [1.29, 1.82) is 0 Å². The average molecular weight is 370 g/mol. The Bertz CT molecular complexity index is 793. The number of fused-ring (bicyclic) bond motifs is 2. The Labute approximate surface area is 162 Å². The number of aliphatic hydroxyl groups is 1. The van der Waals surface area contributed by atoms with E-state index in [0.717, 1.165) is 17.6 Å². The highest BCUT2D eigenvalue weighted by Gasteiger charge is 2.25. The first-order chi connectivity index (χ1) is 12.5. The number of furan rings is 1. The van der Waals surface area contributed by atoms with Crippen LogP contribution in [0.4, 0.5) is 0 Å². The fourth-order valence-corrected chi connectivity index (χ4v) is 3.02. The summed E-state index contributed by atoms with van der Waals surface area (Å²) in [5.74, 6) is 6.91. The highest BCUT2D eigenvalue weighted by atomic mass is 16.6. The Hall–Kier alpha value is -2.25. The molecule has 0 aromatic carbocycles. The molecule has 0 aliphatic carbocycles. The fourth-order valence-electron chi connectivity index (χ4n) is 3.02. The highest BCUT2D eigenvalue weighted by molar-refractivity contribution is 5.91. The number of esters is 1. The summed E-state index contributed by atoms with van der Waals surface area (Å²) in [6.07, 6.45) is 3.61. The molecule has 4 nitrogen and oxygen atoms in total. The monoisotopic (exact) mass is 370 g/mol. The lowest BCUT2D eigenvalue weighted by Crippen LogP contribution is -2.24. The number of allylic oxidation sites excluding steroid dienone is 1. The number of carbonyl (C=O) groups is 1. The van der Waals surface area contributed by atoms with Gasteiger partial charge in [0.25, 0.3) is 0 Å². The van der Waals surface area contributed by atoms with E-state index in [2.05, 4.69) is 18.4 Å². The van der Waals surface area contributed by atoms with E-state index in [9.17, 15) is 9.90 Å². The molecular weight excluding hydrogens is 340 g/mol. The Balaban J connectivity index is 2.45. The fraction of sp³-hybridized carbons (Fsp3) is 0.522. The zero-order valence-corrected chi connectivity index (χ0v) is 17.0. The van der Waals surface area contributed by atoms with E-state index in [1.54, 1.807) is 6.07 Å². The maximum absolute atomic E-state index is 12.7. The molecule has 1 aromatic rings. The van der Waals surface area contributed by atoms with Gasteiger partial charge in [-0.25, -0.2) is 4.79 Å². The van der Waals surface area contributed by atoms with E-state index in [1.165, 1.54) is 0 Å². The van der Waals surface area contributed by atoms with Gasteiger partial charge in [0.15, 0.2) is 0 Å². The third kappa shape index (κ3) is 6.45. The Morgan fingerprint density at radius 3 is 2.70 bits per heavy atom. The van der Waals surface area contributed by atoms with Crippen LogP contribution in [0.3, 0.4) is 0 Å². The summed E-state index contributed by atoms with van der Waals surface area (Å²) in [6, 6.07) is 1.73. The van der Waals surface area contributed by atoms with Gasteiger partial charge in [0.05, 0.1) is 0 Å². The topological polar surface area (TPSA) is 59.7 Å². The lowest BCUT2D eigenvalue weighted by molar-refractivity contribution is 0.00670. The molecule has 146 valence electrons. The van der Waals surface area contributed by atoms with Crippen LogP contribution in [-0.2, 0) is 11.2 Å². The molecule has 2 heterocycles. The Morgan fingerprint density at radius 2 is 2.07 bits per heavy atom. The number of rotatable bonds is 2. The summed E-state index contributed by atoms with van der Waals surface area (Å²) in [5.41, 5.74) is 1.83. The molecule has 2 rings (SSSR count). The van der Waals surface area contributed by atoms with Crippen LogP contribution in [0.5, 0.6) is 0 Å². The lowest BCUT2D eigenvalue weighted by atomic mass is 9.91. The van der Waals surface area contributed by atoms with Crippen LogP contribution in [-0.4, -0.2) is 22.8 Å². The van der Waals surface area contributed by atoms with Gasteiger partial charge in [-0.3, -0.25) is 0 Å². The van der Waals surface area contributed by atoms with Crippen LogP contribution in [0.2, 0.25) is 0 Å². The molecular formula is C23H30O4. The second kappa shape index (κ2) is 8.63. The van der Waals surface area contributed by atoms with Gasteiger partial charge in [-0.2, -0.15) is 0 Å². The minimum atomic E-state index is -0.704. The first-order valence-corrected chi connectivity index (χ1v) is 9.40. The molecule has 1 aliphatic heterocycles. The third-order valence-corrected chi connectivity index (χ3v) is 4.37. The van der Waals surface area contributed by atoms with Gasteiger partial charge in [0, 0.05) is 19.3 Å². The second-order valence-corrected chi connectivity index (χ2v) is 8.31. The van der Waals surface area contributed by atoms with E-state index in [1.807, 2.05) is 40.7 Å². The van der Waals surface area contributed by atoms with E-state index in [4.69, 9.17) is 9.15 Å². The molecule has 0 saturated carbocycles. The SMILES string of the molecule is C=C(C)C1CCC#CC(O)C/C(C)=C/c2cc(C(=O)OC(C)(C)C)c(o2)C1. The van der Waals surface area contributed by atoms with E-state index in [0.29, 0.717) is 36.3 Å². The molecule has 2 unspecified atom stereocenters. The molecule has 4 heteroatoms. The third-order valence-electron chi connectivity index (χ3n) is 4.37. The standard InChI is InChI=1S/C23H30O4/c1-15(2)17-9-7-8-10-18(24)11-16(3)12-19-14-20(21(13-17)26-19)22(25)27-23(4,5)6/h12,14,17-18,24H,1,7,9,11,13H2,2-6H3/b16-12+. The van der Waals surface area contributed by atoms with Gasteiger partial charge >= 0.3 is 5.97 Å². The van der Waals surface area contributed by atoms with Gasteiger partial charge in [0.2, 0.25) is 0 Å². The summed E-state index contributed by atoms with van der Waals surface area (Å²) < 4.78 is 11.6. The maximum Gasteiger partial charge on any atom is 0.342 e. The van der Waals surface area contributed by atoms with Crippen molar-refractivity contribution in [2.75, 3.05) is 0 Å². The quantitative estimate of drug-likeness (QED) is 0.456. The smallest absolute Gasteiger partial charge is 0.342 e. The lowest BCUT2D eigenvalue weighted by Gasteiger charge is -2.20. The van der Waals surface area contributed by atoms with Crippen LogP contribution in [0.15, 0.2) is 28.2 Å². The highest BCUT2D eigenvalue weighted by Crippen LogP contribution is 2.28. The van der Waals surface area contributed by atoms with Crippen LogP contribution >= 0.6 is 0 Å². The van der Waals surface area contributed by atoms with Crippen LogP contribution in [0, 0.1) is 17.8 Å². The van der Waals surface area contributed by atoms with Gasteiger partial charge < -0.3 is 14.3 Å². The maximum atomic E-state index is 12.7.